The lowest BCUT2D eigenvalue weighted by atomic mass is 10.1. The lowest BCUT2D eigenvalue weighted by Crippen LogP contribution is -2.46. The van der Waals surface area contributed by atoms with Crippen LogP contribution in [0.3, 0.4) is 0 Å². The van der Waals surface area contributed by atoms with Crippen LogP contribution in [-0.2, 0) is 18.3 Å². The first-order valence-corrected chi connectivity index (χ1v) is 10.0. The molecule has 2 atom stereocenters. The van der Waals surface area contributed by atoms with Gasteiger partial charge < -0.3 is 9.64 Å². The van der Waals surface area contributed by atoms with Crippen molar-refractivity contribution < 1.29 is 9.13 Å². The third kappa shape index (κ3) is 4.08. The van der Waals surface area contributed by atoms with Crippen molar-refractivity contribution >= 4 is 17.3 Å². The predicted octanol–water partition coefficient (Wildman–Crippen LogP) is 2.49. The average Bonchev–Trinajstić information content (AvgIpc) is 3.03. The fraction of sp³-hybridized carbons (Fsp3) is 0.400. The van der Waals surface area contributed by atoms with E-state index in [9.17, 15) is 9.18 Å². The molecule has 4 rings (SSSR count). The highest BCUT2D eigenvalue weighted by Crippen LogP contribution is 2.26. The number of aromatic nitrogens is 5. The van der Waals surface area contributed by atoms with Gasteiger partial charge >= 0.3 is 0 Å². The summed E-state index contributed by atoms with van der Waals surface area (Å²) in [6, 6.07) is 5.91. The fourth-order valence-electron chi connectivity index (χ4n) is 3.69. The number of benzene rings is 1. The molecule has 0 N–H and O–H groups in total. The minimum atomic E-state index is -0.504. The van der Waals surface area contributed by atoms with E-state index in [0.29, 0.717) is 29.5 Å². The molecule has 3 heterocycles. The van der Waals surface area contributed by atoms with Crippen LogP contribution < -0.4 is 10.5 Å². The second-order valence-corrected chi connectivity index (χ2v) is 7.94. The quantitative estimate of drug-likeness (QED) is 0.630. The Morgan fingerprint density at radius 3 is 2.63 bits per heavy atom. The summed E-state index contributed by atoms with van der Waals surface area (Å²) in [6.45, 7) is 5.51. The first-order valence-electron chi connectivity index (χ1n) is 9.63. The van der Waals surface area contributed by atoms with Crippen LogP contribution in [0.2, 0.25) is 5.02 Å². The predicted molar refractivity (Wildman–Crippen MR) is 111 cm³/mol. The maximum absolute atomic E-state index is 14.4. The number of morpholine rings is 1. The van der Waals surface area contributed by atoms with Crippen molar-refractivity contribution in [3.05, 3.63) is 57.3 Å². The van der Waals surface area contributed by atoms with Crippen LogP contribution in [0.4, 0.5) is 10.1 Å². The molecule has 0 unspecified atom stereocenters. The van der Waals surface area contributed by atoms with Gasteiger partial charge in [-0.05, 0) is 32.0 Å². The van der Waals surface area contributed by atoms with Crippen molar-refractivity contribution in [2.24, 2.45) is 7.05 Å². The first-order chi connectivity index (χ1) is 14.3. The van der Waals surface area contributed by atoms with Crippen LogP contribution in [0.15, 0.2) is 35.3 Å². The van der Waals surface area contributed by atoms with Crippen LogP contribution in [0.1, 0.15) is 19.5 Å². The highest BCUT2D eigenvalue weighted by molar-refractivity contribution is 6.30. The molecule has 0 spiro atoms. The molecule has 2 aromatic heterocycles. The molecule has 30 heavy (non-hydrogen) atoms. The Bertz CT molecular complexity index is 1120. The van der Waals surface area contributed by atoms with E-state index in [0.717, 1.165) is 5.69 Å². The molecule has 1 fully saturated rings. The molecule has 3 aromatic rings. The number of rotatable bonds is 4. The van der Waals surface area contributed by atoms with Crippen molar-refractivity contribution in [3.8, 4) is 11.3 Å². The zero-order valence-electron chi connectivity index (χ0n) is 16.9. The van der Waals surface area contributed by atoms with Crippen molar-refractivity contribution in [2.75, 3.05) is 18.0 Å². The highest BCUT2D eigenvalue weighted by Gasteiger charge is 2.23. The number of ether oxygens (including phenoxy) is 1. The lowest BCUT2D eigenvalue weighted by molar-refractivity contribution is -0.00525. The maximum atomic E-state index is 14.4. The highest BCUT2D eigenvalue weighted by atomic mass is 35.5. The molecule has 158 valence electrons. The third-order valence-corrected chi connectivity index (χ3v) is 5.30. The largest absolute Gasteiger partial charge is 0.372 e. The Morgan fingerprint density at radius 2 is 1.97 bits per heavy atom. The standard InChI is InChI=1S/C20H22ClFN6O2/c1-12-9-27(10-13(2)30-12)15-7-19(29)28(23-8-15)11-18-20(24-25-26(18)3)16-5-4-14(21)6-17(16)22/h4-8,12-13H,9-11H2,1-3H3/t12-,13+. The Balaban J connectivity index is 1.63. The van der Waals surface area contributed by atoms with Gasteiger partial charge in [-0.15, -0.1) is 5.10 Å². The number of aryl methyl sites for hydroxylation is 1. The van der Waals surface area contributed by atoms with Gasteiger partial charge in [-0.1, -0.05) is 16.8 Å². The van der Waals surface area contributed by atoms with E-state index in [1.165, 1.54) is 15.4 Å². The van der Waals surface area contributed by atoms with Gasteiger partial charge in [0.15, 0.2) is 0 Å². The summed E-state index contributed by atoms with van der Waals surface area (Å²) in [5.41, 5.74) is 1.67. The molecule has 1 aromatic carbocycles. The molecule has 10 heteroatoms. The van der Waals surface area contributed by atoms with Crippen molar-refractivity contribution in [1.82, 2.24) is 24.8 Å². The monoisotopic (exact) mass is 432 g/mol. The number of halogens is 2. The summed E-state index contributed by atoms with van der Waals surface area (Å²) < 4.78 is 23.0. The molecule has 1 aliphatic rings. The number of hydrogen-bond donors (Lipinski definition) is 0. The number of nitrogens with zero attached hydrogens (tertiary/aromatic N) is 6. The Morgan fingerprint density at radius 1 is 1.23 bits per heavy atom. The van der Waals surface area contributed by atoms with Gasteiger partial charge in [0.25, 0.3) is 5.56 Å². The van der Waals surface area contributed by atoms with Gasteiger partial charge in [0, 0.05) is 36.8 Å². The molecule has 8 nitrogen and oxygen atoms in total. The molecule has 0 aliphatic carbocycles. The van der Waals surface area contributed by atoms with Gasteiger partial charge in [-0.2, -0.15) is 5.10 Å². The van der Waals surface area contributed by atoms with E-state index < -0.39 is 5.82 Å². The molecule has 1 saturated heterocycles. The van der Waals surface area contributed by atoms with Gasteiger partial charge in [-0.25, -0.2) is 13.8 Å². The smallest absolute Gasteiger partial charge is 0.269 e. The van der Waals surface area contributed by atoms with E-state index in [1.807, 2.05) is 13.8 Å². The summed E-state index contributed by atoms with van der Waals surface area (Å²) in [4.78, 5) is 14.8. The molecule has 0 amide bonds. The zero-order chi connectivity index (χ0) is 21.4. The summed E-state index contributed by atoms with van der Waals surface area (Å²) in [5.74, 6) is -0.504. The molecule has 1 aliphatic heterocycles. The van der Waals surface area contributed by atoms with Gasteiger partial charge in [0.1, 0.15) is 11.5 Å². The number of hydrogen-bond acceptors (Lipinski definition) is 6. The first kappa shape index (κ1) is 20.5. The molecule has 0 bridgehead atoms. The fourth-order valence-corrected chi connectivity index (χ4v) is 3.85. The third-order valence-electron chi connectivity index (χ3n) is 5.07. The summed E-state index contributed by atoms with van der Waals surface area (Å²) >= 11 is 5.85. The van der Waals surface area contributed by atoms with E-state index in [1.54, 1.807) is 31.4 Å². The lowest BCUT2D eigenvalue weighted by Gasteiger charge is -2.36. The molecule has 0 saturated carbocycles. The van der Waals surface area contributed by atoms with Crippen LogP contribution in [-0.4, -0.2) is 50.1 Å². The second-order valence-electron chi connectivity index (χ2n) is 7.50. The zero-order valence-corrected chi connectivity index (χ0v) is 17.7. The van der Waals surface area contributed by atoms with Crippen LogP contribution in [0, 0.1) is 5.82 Å². The summed E-state index contributed by atoms with van der Waals surface area (Å²) in [7, 11) is 1.69. The minimum absolute atomic E-state index is 0.0773. The van der Waals surface area contributed by atoms with E-state index >= 15 is 0 Å². The van der Waals surface area contributed by atoms with E-state index in [2.05, 4.69) is 20.3 Å². The van der Waals surface area contributed by atoms with Crippen LogP contribution in [0.25, 0.3) is 11.3 Å². The topological polar surface area (TPSA) is 78.1 Å². The Kier molecular flexibility index (Phi) is 5.57. The number of anilines is 1. The van der Waals surface area contributed by atoms with Crippen molar-refractivity contribution in [1.29, 1.82) is 0 Å². The van der Waals surface area contributed by atoms with Gasteiger partial charge in [0.05, 0.1) is 36.3 Å². The summed E-state index contributed by atoms with van der Waals surface area (Å²) in [5, 5.41) is 12.7. The van der Waals surface area contributed by atoms with Crippen molar-refractivity contribution in [2.45, 2.75) is 32.6 Å². The minimum Gasteiger partial charge on any atom is -0.372 e. The Hall–Kier alpha value is -2.78. The second kappa shape index (κ2) is 8.16. The Labute approximate surface area is 177 Å². The molecule has 0 radical (unpaired) electrons. The maximum Gasteiger partial charge on any atom is 0.269 e. The van der Waals surface area contributed by atoms with Crippen LogP contribution >= 0.6 is 11.6 Å². The van der Waals surface area contributed by atoms with E-state index in [-0.39, 0.29) is 29.9 Å². The van der Waals surface area contributed by atoms with Crippen LogP contribution in [0.5, 0.6) is 0 Å². The van der Waals surface area contributed by atoms with Gasteiger partial charge in [0.2, 0.25) is 0 Å². The van der Waals surface area contributed by atoms with Gasteiger partial charge in [-0.3, -0.25) is 4.79 Å². The van der Waals surface area contributed by atoms with Crippen molar-refractivity contribution in [3.63, 3.8) is 0 Å². The molecular formula is C20H22ClFN6O2. The van der Waals surface area contributed by atoms with E-state index in [4.69, 9.17) is 16.3 Å². The summed E-state index contributed by atoms with van der Waals surface area (Å²) in [6.07, 6.45) is 1.82. The average molecular weight is 433 g/mol. The molecular weight excluding hydrogens is 411 g/mol. The SMILES string of the molecule is C[C@@H]1CN(c2cnn(Cc3c(-c4ccc(Cl)cc4F)nnn3C)c(=O)c2)C[C@H](C)O1. The normalized spacial score (nSPS) is 19.3.